The summed E-state index contributed by atoms with van der Waals surface area (Å²) in [6.07, 6.45) is 7.06. The van der Waals surface area contributed by atoms with Crippen LogP contribution in [0.25, 0.3) is 0 Å². The van der Waals surface area contributed by atoms with Crippen molar-refractivity contribution in [3.05, 3.63) is 0 Å². The summed E-state index contributed by atoms with van der Waals surface area (Å²) in [5.74, 6) is -0.0156. The van der Waals surface area contributed by atoms with Crippen LogP contribution in [0, 0.1) is 5.41 Å². The van der Waals surface area contributed by atoms with E-state index in [0.29, 0.717) is 12.8 Å². The van der Waals surface area contributed by atoms with Crippen LogP contribution in [0.4, 0.5) is 0 Å². The molecule has 1 atom stereocenters. The van der Waals surface area contributed by atoms with Crippen LogP contribution in [0.3, 0.4) is 0 Å². The van der Waals surface area contributed by atoms with Gasteiger partial charge in [-0.15, -0.1) is 0 Å². The van der Waals surface area contributed by atoms with E-state index in [1.807, 2.05) is 6.92 Å². The van der Waals surface area contributed by atoms with E-state index < -0.39 is 5.41 Å². The number of nitrogens with zero attached hydrogens (tertiary/aromatic N) is 1. The number of hydrogen-bond acceptors (Lipinski definition) is 3. The monoisotopic (exact) mass is 253 g/mol. The lowest BCUT2D eigenvalue weighted by atomic mass is 9.79. The molecule has 4 heteroatoms. The summed E-state index contributed by atoms with van der Waals surface area (Å²) in [4.78, 5) is 26.1. The van der Waals surface area contributed by atoms with Crippen molar-refractivity contribution < 1.29 is 14.7 Å². The van der Waals surface area contributed by atoms with E-state index in [2.05, 4.69) is 0 Å². The molecule has 1 N–H and O–H groups in total. The van der Waals surface area contributed by atoms with Gasteiger partial charge in [0.15, 0.2) is 0 Å². The molecule has 4 nitrogen and oxygen atoms in total. The number of imide groups is 1. The molecule has 1 aliphatic heterocycles. The number of carbonyl (C=O) groups is 2. The largest absolute Gasteiger partial charge is 0.396 e. The summed E-state index contributed by atoms with van der Waals surface area (Å²) in [6, 6.07) is -0.169. The molecule has 0 aromatic rings. The molecular formula is C14H23NO3. The predicted molar refractivity (Wildman–Crippen MR) is 67.8 cm³/mol. The van der Waals surface area contributed by atoms with Gasteiger partial charge in [0, 0.05) is 19.1 Å². The Morgan fingerprint density at radius 3 is 2.39 bits per heavy atom. The van der Waals surface area contributed by atoms with Crippen LogP contribution in [0.1, 0.15) is 58.3 Å². The van der Waals surface area contributed by atoms with Gasteiger partial charge in [0.1, 0.15) is 0 Å². The molecule has 0 aromatic carbocycles. The predicted octanol–water partition coefficient (Wildman–Crippen LogP) is 1.86. The summed E-state index contributed by atoms with van der Waals surface area (Å²) in [7, 11) is 0. The maximum atomic E-state index is 12.6. The third kappa shape index (κ3) is 2.30. The first-order chi connectivity index (χ1) is 8.60. The Hall–Kier alpha value is -0.900. The van der Waals surface area contributed by atoms with E-state index in [1.165, 1.54) is 17.7 Å². The van der Waals surface area contributed by atoms with Crippen molar-refractivity contribution in [1.29, 1.82) is 0 Å². The lowest BCUT2D eigenvalue weighted by Gasteiger charge is -2.27. The lowest BCUT2D eigenvalue weighted by Crippen LogP contribution is -2.41. The van der Waals surface area contributed by atoms with E-state index in [-0.39, 0.29) is 24.5 Å². The van der Waals surface area contributed by atoms with Crippen LogP contribution in [-0.2, 0) is 9.59 Å². The molecule has 2 rings (SSSR count). The molecule has 2 amide bonds. The van der Waals surface area contributed by atoms with Crippen molar-refractivity contribution >= 4 is 11.8 Å². The fourth-order valence-corrected chi connectivity index (χ4v) is 3.38. The maximum Gasteiger partial charge on any atom is 0.236 e. The van der Waals surface area contributed by atoms with E-state index >= 15 is 0 Å². The van der Waals surface area contributed by atoms with Gasteiger partial charge in [-0.2, -0.15) is 0 Å². The van der Waals surface area contributed by atoms with Crippen LogP contribution >= 0.6 is 0 Å². The lowest BCUT2D eigenvalue weighted by molar-refractivity contribution is -0.144. The Bertz CT molecular complexity index is 332. The van der Waals surface area contributed by atoms with Crippen molar-refractivity contribution in [2.75, 3.05) is 6.61 Å². The highest BCUT2D eigenvalue weighted by molar-refractivity contribution is 6.06. The first-order valence-corrected chi connectivity index (χ1v) is 7.08. The van der Waals surface area contributed by atoms with Crippen molar-refractivity contribution in [3.63, 3.8) is 0 Å². The Labute approximate surface area is 108 Å². The molecule has 0 radical (unpaired) electrons. The molecule has 0 bridgehead atoms. The second-order valence-corrected chi connectivity index (χ2v) is 5.80. The molecular weight excluding hydrogens is 230 g/mol. The van der Waals surface area contributed by atoms with Gasteiger partial charge in [-0.25, -0.2) is 0 Å². The van der Waals surface area contributed by atoms with E-state index in [1.54, 1.807) is 0 Å². The Balaban J connectivity index is 2.16. The van der Waals surface area contributed by atoms with Crippen molar-refractivity contribution in [1.82, 2.24) is 4.90 Å². The van der Waals surface area contributed by atoms with Gasteiger partial charge < -0.3 is 5.11 Å². The van der Waals surface area contributed by atoms with Gasteiger partial charge in [-0.1, -0.05) is 25.7 Å². The van der Waals surface area contributed by atoms with E-state index in [9.17, 15) is 9.59 Å². The number of likely N-dealkylation sites (tertiary alicyclic amines) is 1. The summed E-state index contributed by atoms with van der Waals surface area (Å²) in [5, 5.41) is 8.97. The molecule has 1 unspecified atom stereocenters. The quantitative estimate of drug-likeness (QED) is 0.781. The SMILES string of the molecule is CC(CCO)N1C(=O)CC2(CCCCCC2)C1=O. The van der Waals surface area contributed by atoms with Gasteiger partial charge in [0.25, 0.3) is 0 Å². The molecule has 1 heterocycles. The van der Waals surface area contributed by atoms with Gasteiger partial charge in [0.05, 0.1) is 5.41 Å². The highest BCUT2D eigenvalue weighted by Crippen LogP contribution is 2.45. The van der Waals surface area contributed by atoms with Crippen molar-refractivity contribution in [3.8, 4) is 0 Å². The fraction of sp³-hybridized carbons (Fsp3) is 0.857. The van der Waals surface area contributed by atoms with Gasteiger partial charge >= 0.3 is 0 Å². The highest BCUT2D eigenvalue weighted by Gasteiger charge is 2.51. The number of rotatable bonds is 3. The Kier molecular flexibility index (Phi) is 4.05. The van der Waals surface area contributed by atoms with Gasteiger partial charge in [-0.3, -0.25) is 14.5 Å². The zero-order chi connectivity index (χ0) is 13.2. The number of aliphatic hydroxyl groups is 1. The second-order valence-electron chi connectivity index (χ2n) is 5.80. The molecule has 1 saturated heterocycles. The minimum Gasteiger partial charge on any atom is -0.396 e. The van der Waals surface area contributed by atoms with Crippen molar-refractivity contribution in [2.24, 2.45) is 5.41 Å². The normalized spacial score (nSPS) is 25.6. The molecule has 0 aromatic heterocycles. The van der Waals surface area contributed by atoms with Gasteiger partial charge in [0.2, 0.25) is 11.8 Å². The van der Waals surface area contributed by atoms with Crippen LogP contribution < -0.4 is 0 Å². The number of aliphatic hydroxyl groups excluding tert-OH is 1. The molecule has 1 spiro atoms. The number of hydrogen-bond donors (Lipinski definition) is 1. The summed E-state index contributed by atoms with van der Waals surface area (Å²) < 4.78 is 0. The first kappa shape index (κ1) is 13.5. The van der Waals surface area contributed by atoms with E-state index in [4.69, 9.17) is 5.11 Å². The molecule has 1 aliphatic carbocycles. The highest BCUT2D eigenvalue weighted by atomic mass is 16.3. The van der Waals surface area contributed by atoms with Crippen LogP contribution in [0.15, 0.2) is 0 Å². The average molecular weight is 253 g/mol. The van der Waals surface area contributed by atoms with Crippen molar-refractivity contribution in [2.45, 2.75) is 64.3 Å². The third-order valence-corrected chi connectivity index (χ3v) is 4.48. The zero-order valence-corrected chi connectivity index (χ0v) is 11.2. The molecule has 1 saturated carbocycles. The first-order valence-electron chi connectivity index (χ1n) is 7.08. The second kappa shape index (κ2) is 5.39. The third-order valence-electron chi connectivity index (χ3n) is 4.48. The minimum absolute atomic E-state index is 0.0191. The summed E-state index contributed by atoms with van der Waals surface area (Å²) in [5.41, 5.74) is -0.405. The van der Waals surface area contributed by atoms with Crippen LogP contribution in [-0.4, -0.2) is 34.5 Å². The standard InChI is InChI=1S/C14H23NO3/c1-11(6-9-16)15-12(17)10-14(13(15)18)7-4-2-3-5-8-14/h11,16H,2-10H2,1H3. The fourth-order valence-electron chi connectivity index (χ4n) is 3.38. The molecule has 2 fully saturated rings. The Morgan fingerprint density at radius 2 is 1.83 bits per heavy atom. The topological polar surface area (TPSA) is 57.6 Å². The zero-order valence-electron chi connectivity index (χ0n) is 11.2. The van der Waals surface area contributed by atoms with Crippen LogP contribution in [0.5, 0.6) is 0 Å². The molecule has 2 aliphatic rings. The number of carbonyl (C=O) groups excluding carboxylic acids is 2. The van der Waals surface area contributed by atoms with Crippen LogP contribution in [0.2, 0.25) is 0 Å². The minimum atomic E-state index is -0.405. The average Bonchev–Trinajstić information content (AvgIpc) is 2.50. The smallest absolute Gasteiger partial charge is 0.236 e. The molecule has 18 heavy (non-hydrogen) atoms. The number of amides is 2. The molecule has 102 valence electrons. The Morgan fingerprint density at radius 1 is 1.22 bits per heavy atom. The summed E-state index contributed by atoms with van der Waals surface area (Å²) >= 11 is 0. The summed E-state index contributed by atoms with van der Waals surface area (Å²) in [6.45, 7) is 1.87. The van der Waals surface area contributed by atoms with E-state index in [0.717, 1.165) is 25.7 Å². The maximum absolute atomic E-state index is 12.6. The van der Waals surface area contributed by atoms with Gasteiger partial charge in [-0.05, 0) is 26.2 Å².